The molecular weight excluding hydrogens is 378 g/mol. The summed E-state index contributed by atoms with van der Waals surface area (Å²) in [4.78, 5) is 26.4. The number of hydrogen-bond acceptors (Lipinski definition) is 4. The molecule has 1 fully saturated rings. The molecule has 1 saturated heterocycles. The zero-order chi connectivity index (χ0) is 21.2. The molecule has 1 heterocycles. The number of nitrogens with one attached hydrogen (secondary N) is 1. The summed E-state index contributed by atoms with van der Waals surface area (Å²) in [5, 5.41) is 11.8. The number of carbonyl (C=O) groups is 2. The average Bonchev–Trinajstić information content (AvgIpc) is 2.78. The molecule has 30 heavy (non-hydrogen) atoms. The van der Waals surface area contributed by atoms with E-state index in [1.165, 1.54) is 0 Å². The summed E-state index contributed by atoms with van der Waals surface area (Å²) < 4.78 is 5.58. The Bertz CT molecular complexity index is 867. The maximum atomic E-state index is 12.4. The molecule has 0 unspecified atom stereocenters. The lowest BCUT2D eigenvalue weighted by molar-refractivity contribution is -0.134. The molecule has 0 radical (unpaired) electrons. The molecule has 1 aliphatic heterocycles. The van der Waals surface area contributed by atoms with Crippen LogP contribution in [-0.2, 0) is 22.4 Å². The van der Waals surface area contributed by atoms with Gasteiger partial charge in [-0.05, 0) is 42.5 Å². The lowest BCUT2D eigenvalue weighted by Crippen LogP contribution is -2.47. The Morgan fingerprint density at radius 3 is 2.40 bits per heavy atom. The molecule has 0 atom stereocenters. The minimum Gasteiger partial charge on any atom is -0.484 e. The van der Waals surface area contributed by atoms with Gasteiger partial charge in [0.1, 0.15) is 5.75 Å². The van der Waals surface area contributed by atoms with E-state index in [4.69, 9.17) is 10.00 Å². The van der Waals surface area contributed by atoms with Crippen molar-refractivity contribution < 1.29 is 14.3 Å². The van der Waals surface area contributed by atoms with Crippen molar-refractivity contribution in [2.24, 2.45) is 0 Å². The molecule has 0 spiro atoms. The summed E-state index contributed by atoms with van der Waals surface area (Å²) in [6.07, 6.45) is 3.08. The van der Waals surface area contributed by atoms with Crippen LogP contribution in [0.25, 0.3) is 0 Å². The van der Waals surface area contributed by atoms with Gasteiger partial charge in [-0.15, -0.1) is 0 Å². The number of likely N-dealkylation sites (tertiary alicyclic amines) is 1. The highest BCUT2D eigenvalue weighted by Crippen LogP contribution is 2.15. The molecule has 2 amide bonds. The Morgan fingerprint density at radius 1 is 1.03 bits per heavy atom. The summed E-state index contributed by atoms with van der Waals surface area (Å²) in [6, 6.07) is 19.4. The topological polar surface area (TPSA) is 82.4 Å². The van der Waals surface area contributed by atoms with Crippen LogP contribution in [0.5, 0.6) is 5.75 Å². The minimum atomic E-state index is -0.0510. The van der Waals surface area contributed by atoms with Crippen LogP contribution in [0, 0.1) is 11.3 Å². The first kappa shape index (κ1) is 21.4. The van der Waals surface area contributed by atoms with E-state index in [1.807, 2.05) is 42.5 Å². The number of ether oxygens (including phenoxy) is 1. The maximum absolute atomic E-state index is 12.4. The van der Waals surface area contributed by atoms with E-state index in [1.54, 1.807) is 17.0 Å². The standard InChI is InChI=1S/C24H27N3O3/c25-15-12-20-6-9-22(10-7-20)30-18-24(29)27-16-13-21(14-17-27)26-23(28)11-8-19-4-2-1-3-5-19/h1-7,9-10,21H,8,11-14,16-18H2,(H,26,28). The highest BCUT2D eigenvalue weighted by molar-refractivity contribution is 5.78. The third kappa shape index (κ3) is 6.63. The Balaban J connectivity index is 1.34. The van der Waals surface area contributed by atoms with Crippen LogP contribution in [0.2, 0.25) is 0 Å². The van der Waals surface area contributed by atoms with Gasteiger partial charge in [0.15, 0.2) is 6.61 Å². The van der Waals surface area contributed by atoms with Crippen LogP contribution in [0.15, 0.2) is 54.6 Å². The number of rotatable bonds is 8. The van der Waals surface area contributed by atoms with Crippen molar-refractivity contribution in [3.63, 3.8) is 0 Å². The summed E-state index contributed by atoms with van der Waals surface area (Å²) in [5.41, 5.74) is 2.08. The third-order valence-corrected chi connectivity index (χ3v) is 5.27. The van der Waals surface area contributed by atoms with E-state index < -0.39 is 0 Å². The van der Waals surface area contributed by atoms with Crippen LogP contribution in [-0.4, -0.2) is 42.5 Å². The zero-order valence-corrected chi connectivity index (χ0v) is 17.0. The second-order valence-corrected chi connectivity index (χ2v) is 7.48. The van der Waals surface area contributed by atoms with Gasteiger partial charge in [-0.2, -0.15) is 5.26 Å². The lowest BCUT2D eigenvalue weighted by atomic mass is 10.0. The quantitative estimate of drug-likeness (QED) is 0.732. The summed E-state index contributed by atoms with van der Waals surface area (Å²) in [5.74, 6) is 0.627. The van der Waals surface area contributed by atoms with Crippen molar-refractivity contribution in [1.29, 1.82) is 5.26 Å². The molecule has 0 bridgehead atoms. The van der Waals surface area contributed by atoms with Gasteiger partial charge in [0.25, 0.3) is 5.91 Å². The van der Waals surface area contributed by atoms with Gasteiger partial charge in [0.05, 0.1) is 12.5 Å². The number of aryl methyl sites for hydroxylation is 1. The second kappa shape index (κ2) is 11.0. The number of nitrogens with zero attached hydrogens (tertiary/aromatic N) is 2. The number of piperidine rings is 1. The predicted octanol–water partition coefficient (Wildman–Crippen LogP) is 2.87. The molecule has 6 nitrogen and oxygen atoms in total. The van der Waals surface area contributed by atoms with Gasteiger partial charge in [-0.1, -0.05) is 42.5 Å². The SMILES string of the molecule is N#CCc1ccc(OCC(=O)N2CCC(NC(=O)CCc3ccccc3)CC2)cc1. The molecule has 3 rings (SSSR count). The Morgan fingerprint density at radius 2 is 1.73 bits per heavy atom. The number of carbonyl (C=O) groups excluding carboxylic acids is 2. The number of amides is 2. The Labute approximate surface area is 177 Å². The molecule has 0 aliphatic carbocycles. The third-order valence-electron chi connectivity index (χ3n) is 5.27. The van der Waals surface area contributed by atoms with E-state index in [-0.39, 0.29) is 24.5 Å². The van der Waals surface area contributed by atoms with E-state index in [0.29, 0.717) is 31.7 Å². The van der Waals surface area contributed by atoms with Gasteiger partial charge < -0.3 is 15.0 Å². The van der Waals surface area contributed by atoms with E-state index in [9.17, 15) is 9.59 Å². The lowest BCUT2D eigenvalue weighted by Gasteiger charge is -2.32. The molecule has 0 aromatic heterocycles. The van der Waals surface area contributed by atoms with Crippen molar-refractivity contribution in [3.8, 4) is 11.8 Å². The molecule has 6 heteroatoms. The van der Waals surface area contributed by atoms with Gasteiger partial charge >= 0.3 is 0 Å². The van der Waals surface area contributed by atoms with Crippen molar-refractivity contribution in [1.82, 2.24) is 10.2 Å². The summed E-state index contributed by atoms with van der Waals surface area (Å²) >= 11 is 0. The van der Waals surface area contributed by atoms with Crippen molar-refractivity contribution in [2.75, 3.05) is 19.7 Å². The van der Waals surface area contributed by atoms with Crippen LogP contribution < -0.4 is 10.1 Å². The second-order valence-electron chi connectivity index (χ2n) is 7.48. The molecule has 1 aliphatic rings. The van der Waals surface area contributed by atoms with E-state index >= 15 is 0 Å². The Kier molecular flexibility index (Phi) is 7.85. The first-order valence-corrected chi connectivity index (χ1v) is 10.3. The molecule has 1 N–H and O–H groups in total. The average molecular weight is 405 g/mol. The van der Waals surface area contributed by atoms with E-state index in [2.05, 4.69) is 11.4 Å². The highest BCUT2D eigenvalue weighted by Gasteiger charge is 2.24. The monoisotopic (exact) mass is 405 g/mol. The van der Waals surface area contributed by atoms with Crippen molar-refractivity contribution in [2.45, 2.75) is 38.1 Å². The first-order valence-electron chi connectivity index (χ1n) is 10.3. The summed E-state index contributed by atoms with van der Waals surface area (Å²) in [7, 11) is 0. The van der Waals surface area contributed by atoms with E-state index in [0.717, 1.165) is 30.4 Å². The number of hydrogen-bond donors (Lipinski definition) is 1. The van der Waals surface area contributed by atoms with Crippen molar-refractivity contribution in [3.05, 3.63) is 65.7 Å². The van der Waals surface area contributed by atoms with Crippen LogP contribution in [0.4, 0.5) is 0 Å². The number of nitriles is 1. The molecule has 2 aromatic carbocycles. The van der Waals surface area contributed by atoms with Crippen LogP contribution in [0.3, 0.4) is 0 Å². The highest BCUT2D eigenvalue weighted by atomic mass is 16.5. The molecule has 0 saturated carbocycles. The normalized spacial score (nSPS) is 14.0. The van der Waals surface area contributed by atoms with Crippen LogP contribution in [0.1, 0.15) is 30.4 Å². The van der Waals surface area contributed by atoms with Gasteiger partial charge in [0, 0.05) is 25.6 Å². The fourth-order valence-electron chi connectivity index (χ4n) is 3.51. The largest absolute Gasteiger partial charge is 0.484 e. The maximum Gasteiger partial charge on any atom is 0.260 e. The van der Waals surface area contributed by atoms with Crippen molar-refractivity contribution >= 4 is 11.8 Å². The minimum absolute atomic E-state index is 0.00824. The number of benzene rings is 2. The predicted molar refractivity (Wildman–Crippen MR) is 114 cm³/mol. The molecular formula is C24H27N3O3. The van der Waals surface area contributed by atoms with Gasteiger partial charge in [-0.3, -0.25) is 9.59 Å². The zero-order valence-electron chi connectivity index (χ0n) is 17.0. The summed E-state index contributed by atoms with van der Waals surface area (Å²) in [6.45, 7) is 1.23. The van der Waals surface area contributed by atoms with Gasteiger partial charge in [-0.25, -0.2) is 0 Å². The smallest absolute Gasteiger partial charge is 0.260 e. The molecule has 156 valence electrons. The van der Waals surface area contributed by atoms with Gasteiger partial charge in [0.2, 0.25) is 5.91 Å². The molecule has 2 aromatic rings. The Hall–Kier alpha value is -3.33. The first-order chi connectivity index (χ1) is 14.6. The van der Waals surface area contributed by atoms with Crippen LogP contribution >= 0.6 is 0 Å². The fourth-order valence-corrected chi connectivity index (χ4v) is 3.51. The fraction of sp³-hybridized carbons (Fsp3) is 0.375.